The Morgan fingerprint density at radius 1 is 1.55 bits per heavy atom. The molecule has 1 aromatic heterocycles. The lowest BCUT2D eigenvalue weighted by Gasteiger charge is -2.00. The SMILES string of the molecule is CCCc1cnc(C)nc1Cl. The van der Waals surface area contributed by atoms with E-state index in [-0.39, 0.29) is 0 Å². The van der Waals surface area contributed by atoms with E-state index in [9.17, 15) is 0 Å². The van der Waals surface area contributed by atoms with Gasteiger partial charge in [-0.3, -0.25) is 0 Å². The Bertz CT molecular complexity index is 248. The molecule has 0 radical (unpaired) electrons. The van der Waals surface area contributed by atoms with Crippen LogP contribution in [0.15, 0.2) is 6.20 Å². The van der Waals surface area contributed by atoms with E-state index >= 15 is 0 Å². The smallest absolute Gasteiger partial charge is 0.135 e. The predicted molar refractivity (Wildman–Crippen MR) is 45.8 cm³/mol. The zero-order valence-electron chi connectivity index (χ0n) is 6.76. The third-order valence-electron chi connectivity index (χ3n) is 1.45. The molecule has 0 fully saturated rings. The molecule has 0 spiro atoms. The summed E-state index contributed by atoms with van der Waals surface area (Å²) in [5.41, 5.74) is 1.04. The van der Waals surface area contributed by atoms with Gasteiger partial charge in [-0.05, 0) is 13.3 Å². The highest BCUT2D eigenvalue weighted by molar-refractivity contribution is 6.30. The number of rotatable bonds is 2. The quantitative estimate of drug-likeness (QED) is 0.637. The van der Waals surface area contributed by atoms with Crippen molar-refractivity contribution in [3.8, 4) is 0 Å². The van der Waals surface area contributed by atoms with Crippen molar-refractivity contribution in [2.24, 2.45) is 0 Å². The first-order chi connectivity index (χ1) is 5.24. The van der Waals surface area contributed by atoms with Crippen LogP contribution in [-0.2, 0) is 6.42 Å². The van der Waals surface area contributed by atoms with Gasteiger partial charge in [0.1, 0.15) is 11.0 Å². The molecule has 0 unspecified atom stereocenters. The fourth-order valence-electron chi connectivity index (χ4n) is 0.904. The maximum Gasteiger partial charge on any atom is 0.135 e. The average Bonchev–Trinajstić information content (AvgIpc) is 1.95. The Labute approximate surface area is 71.6 Å². The van der Waals surface area contributed by atoms with Gasteiger partial charge in [0.15, 0.2) is 0 Å². The monoisotopic (exact) mass is 170 g/mol. The predicted octanol–water partition coefficient (Wildman–Crippen LogP) is 2.39. The molecule has 0 N–H and O–H groups in total. The minimum absolute atomic E-state index is 0.597. The zero-order chi connectivity index (χ0) is 8.27. The zero-order valence-corrected chi connectivity index (χ0v) is 7.52. The summed E-state index contributed by atoms with van der Waals surface area (Å²) in [5.74, 6) is 0.731. The van der Waals surface area contributed by atoms with Crippen LogP contribution in [0.2, 0.25) is 5.15 Å². The summed E-state index contributed by atoms with van der Waals surface area (Å²) < 4.78 is 0. The summed E-state index contributed by atoms with van der Waals surface area (Å²) in [6.07, 6.45) is 3.83. The van der Waals surface area contributed by atoms with Crippen molar-refractivity contribution in [2.45, 2.75) is 26.7 Å². The van der Waals surface area contributed by atoms with Crippen LogP contribution in [0.1, 0.15) is 24.7 Å². The van der Waals surface area contributed by atoms with Crippen LogP contribution in [0.4, 0.5) is 0 Å². The van der Waals surface area contributed by atoms with Gasteiger partial charge in [0.2, 0.25) is 0 Å². The second-order valence-electron chi connectivity index (χ2n) is 2.48. The maximum absolute atomic E-state index is 5.86. The molecule has 0 amide bonds. The van der Waals surface area contributed by atoms with Crippen LogP contribution >= 0.6 is 11.6 Å². The lowest BCUT2D eigenvalue weighted by atomic mass is 10.2. The number of hydrogen-bond donors (Lipinski definition) is 0. The van der Waals surface area contributed by atoms with Crippen LogP contribution < -0.4 is 0 Å². The Kier molecular flexibility index (Phi) is 2.83. The lowest BCUT2D eigenvalue weighted by molar-refractivity contribution is 0.890. The molecule has 60 valence electrons. The van der Waals surface area contributed by atoms with E-state index in [0.29, 0.717) is 5.15 Å². The minimum atomic E-state index is 0.597. The molecular weight excluding hydrogens is 160 g/mol. The molecule has 2 nitrogen and oxygen atoms in total. The van der Waals surface area contributed by atoms with E-state index in [0.717, 1.165) is 24.2 Å². The van der Waals surface area contributed by atoms with Gasteiger partial charge in [-0.2, -0.15) is 0 Å². The summed E-state index contributed by atoms with van der Waals surface area (Å²) >= 11 is 5.86. The summed E-state index contributed by atoms with van der Waals surface area (Å²) in [7, 11) is 0. The number of hydrogen-bond acceptors (Lipinski definition) is 2. The standard InChI is InChI=1S/C8H11ClN2/c1-3-4-7-5-10-6(2)11-8(7)9/h5H,3-4H2,1-2H3. The Morgan fingerprint density at radius 3 is 2.82 bits per heavy atom. The fraction of sp³-hybridized carbons (Fsp3) is 0.500. The minimum Gasteiger partial charge on any atom is -0.241 e. The van der Waals surface area contributed by atoms with Gasteiger partial charge in [0, 0.05) is 11.8 Å². The Hall–Kier alpha value is -0.630. The molecule has 3 heteroatoms. The summed E-state index contributed by atoms with van der Waals surface area (Å²) in [6.45, 7) is 3.94. The average molecular weight is 171 g/mol. The van der Waals surface area contributed by atoms with E-state index in [1.165, 1.54) is 0 Å². The van der Waals surface area contributed by atoms with Gasteiger partial charge < -0.3 is 0 Å². The fourth-order valence-corrected chi connectivity index (χ4v) is 1.17. The van der Waals surface area contributed by atoms with Crippen LogP contribution in [0, 0.1) is 6.92 Å². The molecule has 0 aliphatic heterocycles. The molecule has 11 heavy (non-hydrogen) atoms. The second-order valence-corrected chi connectivity index (χ2v) is 2.84. The third-order valence-corrected chi connectivity index (χ3v) is 1.78. The van der Waals surface area contributed by atoms with Crippen molar-refractivity contribution >= 4 is 11.6 Å². The van der Waals surface area contributed by atoms with Gasteiger partial charge in [0.25, 0.3) is 0 Å². The van der Waals surface area contributed by atoms with Gasteiger partial charge >= 0.3 is 0 Å². The molecule has 1 heterocycles. The second kappa shape index (κ2) is 3.67. The van der Waals surface area contributed by atoms with E-state index in [2.05, 4.69) is 16.9 Å². The van der Waals surface area contributed by atoms with Crippen LogP contribution in [0.3, 0.4) is 0 Å². The molecular formula is C8H11ClN2. The van der Waals surface area contributed by atoms with E-state index in [1.54, 1.807) is 6.20 Å². The van der Waals surface area contributed by atoms with Gasteiger partial charge in [-0.1, -0.05) is 24.9 Å². The number of nitrogens with zero attached hydrogens (tertiary/aromatic N) is 2. The third kappa shape index (κ3) is 2.15. The molecule has 0 saturated heterocycles. The van der Waals surface area contributed by atoms with Gasteiger partial charge in [0.05, 0.1) is 0 Å². The Morgan fingerprint density at radius 2 is 2.27 bits per heavy atom. The van der Waals surface area contributed by atoms with Crippen LogP contribution in [-0.4, -0.2) is 9.97 Å². The summed E-state index contributed by atoms with van der Waals surface area (Å²) in [4.78, 5) is 8.11. The van der Waals surface area contributed by atoms with Gasteiger partial charge in [-0.25, -0.2) is 9.97 Å². The van der Waals surface area contributed by atoms with E-state index in [1.807, 2.05) is 6.92 Å². The highest BCUT2D eigenvalue weighted by Gasteiger charge is 2.00. The molecule has 0 atom stereocenters. The van der Waals surface area contributed by atoms with E-state index < -0.39 is 0 Å². The van der Waals surface area contributed by atoms with Crippen molar-refractivity contribution in [1.82, 2.24) is 9.97 Å². The number of aryl methyl sites for hydroxylation is 2. The molecule has 0 aliphatic carbocycles. The molecule has 0 bridgehead atoms. The molecule has 1 aromatic rings. The van der Waals surface area contributed by atoms with Crippen molar-refractivity contribution in [3.05, 3.63) is 22.7 Å². The van der Waals surface area contributed by atoms with Crippen molar-refractivity contribution in [3.63, 3.8) is 0 Å². The van der Waals surface area contributed by atoms with Crippen molar-refractivity contribution in [2.75, 3.05) is 0 Å². The van der Waals surface area contributed by atoms with Crippen molar-refractivity contribution < 1.29 is 0 Å². The highest BCUT2D eigenvalue weighted by atomic mass is 35.5. The van der Waals surface area contributed by atoms with Crippen LogP contribution in [0.25, 0.3) is 0 Å². The molecule has 0 aromatic carbocycles. The Balaban J connectivity index is 2.90. The van der Waals surface area contributed by atoms with Gasteiger partial charge in [-0.15, -0.1) is 0 Å². The highest BCUT2D eigenvalue weighted by Crippen LogP contribution is 2.12. The molecule has 0 saturated carbocycles. The number of aromatic nitrogens is 2. The largest absolute Gasteiger partial charge is 0.241 e. The van der Waals surface area contributed by atoms with E-state index in [4.69, 9.17) is 11.6 Å². The molecule has 0 aliphatic rings. The summed E-state index contributed by atoms with van der Waals surface area (Å²) in [5, 5.41) is 0.597. The van der Waals surface area contributed by atoms with Crippen LogP contribution in [0.5, 0.6) is 0 Å². The first-order valence-electron chi connectivity index (χ1n) is 3.72. The first-order valence-corrected chi connectivity index (χ1v) is 4.10. The maximum atomic E-state index is 5.86. The molecule has 1 rings (SSSR count). The topological polar surface area (TPSA) is 25.8 Å². The van der Waals surface area contributed by atoms with Crippen molar-refractivity contribution in [1.29, 1.82) is 0 Å². The summed E-state index contributed by atoms with van der Waals surface area (Å²) in [6, 6.07) is 0. The number of halogens is 1. The first kappa shape index (κ1) is 8.47. The normalized spacial score (nSPS) is 10.1. The lowest BCUT2D eigenvalue weighted by Crippen LogP contribution is -1.93.